The molecule has 3 heteroatoms. The maximum Gasteiger partial charge on any atom is 0.261 e. The van der Waals surface area contributed by atoms with E-state index in [0.29, 0.717) is 0 Å². The molecule has 2 atom stereocenters. The van der Waals surface area contributed by atoms with Gasteiger partial charge in [0.15, 0.2) is 6.10 Å². The summed E-state index contributed by atoms with van der Waals surface area (Å²) < 4.78 is 5.91. The van der Waals surface area contributed by atoms with Crippen LogP contribution in [0.1, 0.15) is 48.1 Å². The molecule has 0 unspecified atom stereocenters. The molecule has 24 heavy (non-hydrogen) atoms. The molecule has 1 aliphatic rings. The SMILES string of the molecule is Cc1cccc(O[C@H](C)C(=O)N[C@H]2CCCc3ccccc32)c1C. The lowest BCUT2D eigenvalue weighted by molar-refractivity contribution is -0.128. The zero-order valence-corrected chi connectivity index (χ0v) is 14.6. The Kier molecular flexibility index (Phi) is 4.89. The quantitative estimate of drug-likeness (QED) is 0.913. The van der Waals surface area contributed by atoms with E-state index in [9.17, 15) is 4.79 Å². The van der Waals surface area contributed by atoms with Crippen LogP contribution in [0, 0.1) is 13.8 Å². The van der Waals surface area contributed by atoms with Crippen LogP contribution in [0.3, 0.4) is 0 Å². The fraction of sp³-hybridized carbons (Fsp3) is 0.381. The minimum atomic E-state index is -0.514. The van der Waals surface area contributed by atoms with Crippen LogP contribution in [0.4, 0.5) is 0 Å². The van der Waals surface area contributed by atoms with Gasteiger partial charge in [0.2, 0.25) is 0 Å². The van der Waals surface area contributed by atoms with Gasteiger partial charge in [-0.1, -0.05) is 36.4 Å². The van der Waals surface area contributed by atoms with E-state index in [4.69, 9.17) is 4.74 Å². The van der Waals surface area contributed by atoms with Crippen molar-refractivity contribution < 1.29 is 9.53 Å². The molecule has 2 aromatic carbocycles. The summed E-state index contributed by atoms with van der Waals surface area (Å²) in [6, 6.07) is 14.4. The molecule has 0 aliphatic heterocycles. The largest absolute Gasteiger partial charge is 0.481 e. The van der Waals surface area contributed by atoms with Crippen LogP contribution in [0.25, 0.3) is 0 Å². The first-order valence-electron chi connectivity index (χ1n) is 8.67. The number of carbonyl (C=O) groups is 1. The van der Waals surface area contributed by atoms with Gasteiger partial charge in [-0.2, -0.15) is 0 Å². The predicted octanol–water partition coefficient (Wildman–Crippen LogP) is 4.26. The normalized spacial score (nSPS) is 17.7. The molecule has 0 bridgehead atoms. The second kappa shape index (κ2) is 7.08. The molecule has 3 rings (SSSR count). The zero-order valence-electron chi connectivity index (χ0n) is 14.6. The van der Waals surface area contributed by atoms with Crippen molar-refractivity contribution in [3.8, 4) is 5.75 Å². The summed E-state index contributed by atoms with van der Waals surface area (Å²) in [5, 5.41) is 3.17. The highest BCUT2D eigenvalue weighted by Crippen LogP contribution is 2.29. The molecular weight excluding hydrogens is 298 g/mol. The Balaban J connectivity index is 1.68. The van der Waals surface area contributed by atoms with Gasteiger partial charge in [-0.3, -0.25) is 4.79 Å². The summed E-state index contributed by atoms with van der Waals surface area (Å²) in [5.41, 5.74) is 4.84. The van der Waals surface area contributed by atoms with Gasteiger partial charge >= 0.3 is 0 Å². The number of carbonyl (C=O) groups excluding carboxylic acids is 1. The Morgan fingerprint density at radius 1 is 1.17 bits per heavy atom. The molecule has 0 radical (unpaired) electrons. The molecule has 1 aliphatic carbocycles. The van der Waals surface area contributed by atoms with Crippen LogP contribution in [0.5, 0.6) is 5.75 Å². The van der Waals surface area contributed by atoms with Gasteiger partial charge in [0.1, 0.15) is 5.75 Å². The van der Waals surface area contributed by atoms with E-state index in [2.05, 4.69) is 23.5 Å². The average Bonchev–Trinajstić information content (AvgIpc) is 2.59. The average molecular weight is 323 g/mol. The number of rotatable bonds is 4. The summed E-state index contributed by atoms with van der Waals surface area (Å²) in [4.78, 5) is 12.6. The first-order valence-corrected chi connectivity index (χ1v) is 8.67. The standard InChI is InChI=1S/C21H25NO2/c1-14-8-6-13-20(15(14)2)24-16(3)21(23)22-19-12-7-10-17-9-4-5-11-18(17)19/h4-6,8-9,11,13,16,19H,7,10,12H2,1-3H3,(H,22,23)/t16-,19+/m1/s1. The Labute approximate surface area is 144 Å². The van der Waals surface area contributed by atoms with Crippen molar-refractivity contribution >= 4 is 5.91 Å². The molecule has 126 valence electrons. The molecule has 0 saturated heterocycles. The lowest BCUT2D eigenvalue weighted by Gasteiger charge is -2.27. The van der Waals surface area contributed by atoms with E-state index in [-0.39, 0.29) is 11.9 Å². The van der Waals surface area contributed by atoms with Crippen molar-refractivity contribution in [2.45, 2.75) is 52.2 Å². The van der Waals surface area contributed by atoms with Gasteiger partial charge in [0.05, 0.1) is 6.04 Å². The van der Waals surface area contributed by atoms with Crippen LogP contribution < -0.4 is 10.1 Å². The summed E-state index contributed by atoms with van der Waals surface area (Å²) in [7, 11) is 0. The van der Waals surface area contributed by atoms with Gasteiger partial charge < -0.3 is 10.1 Å². The van der Waals surface area contributed by atoms with Crippen LogP contribution in [-0.4, -0.2) is 12.0 Å². The third-order valence-corrected chi connectivity index (χ3v) is 4.91. The first-order chi connectivity index (χ1) is 11.6. The van der Waals surface area contributed by atoms with Crippen LogP contribution in [0.2, 0.25) is 0 Å². The van der Waals surface area contributed by atoms with Gasteiger partial charge in [-0.15, -0.1) is 0 Å². The van der Waals surface area contributed by atoms with E-state index in [1.54, 1.807) is 0 Å². The summed E-state index contributed by atoms with van der Waals surface area (Å²) in [6.45, 7) is 5.88. The Morgan fingerprint density at radius 2 is 1.96 bits per heavy atom. The van der Waals surface area contributed by atoms with Crippen molar-refractivity contribution in [1.29, 1.82) is 0 Å². The third-order valence-electron chi connectivity index (χ3n) is 4.91. The van der Waals surface area contributed by atoms with E-state index in [1.165, 1.54) is 16.7 Å². The minimum absolute atomic E-state index is 0.0578. The van der Waals surface area contributed by atoms with Gasteiger partial charge in [0.25, 0.3) is 5.91 Å². The molecule has 0 aromatic heterocycles. The number of amides is 1. The monoisotopic (exact) mass is 323 g/mol. The van der Waals surface area contributed by atoms with Crippen molar-refractivity contribution in [2.24, 2.45) is 0 Å². The highest BCUT2D eigenvalue weighted by molar-refractivity contribution is 5.81. The summed E-state index contributed by atoms with van der Waals surface area (Å²) in [6.07, 6.45) is 2.67. The maximum atomic E-state index is 12.6. The molecule has 0 fully saturated rings. The van der Waals surface area contributed by atoms with E-state index < -0.39 is 6.10 Å². The first kappa shape index (κ1) is 16.6. The fourth-order valence-electron chi connectivity index (χ4n) is 3.29. The lowest BCUT2D eigenvalue weighted by atomic mass is 9.87. The lowest BCUT2D eigenvalue weighted by Crippen LogP contribution is -2.39. The second-order valence-electron chi connectivity index (χ2n) is 6.61. The smallest absolute Gasteiger partial charge is 0.261 e. The van der Waals surface area contributed by atoms with Crippen LogP contribution >= 0.6 is 0 Å². The zero-order chi connectivity index (χ0) is 17.1. The van der Waals surface area contributed by atoms with Crippen molar-refractivity contribution in [3.63, 3.8) is 0 Å². The summed E-state index contributed by atoms with van der Waals surface area (Å²) >= 11 is 0. The predicted molar refractivity (Wildman–Crippen MR) is 96.3 cm³/mol. The Morgan fingerprint density at radius 3 is 2.79 bits per heavy atom. The van der Waals surface area contributed by atoms with Crippen LogP contribution in [-0.2, 0) is 11.2 Å². The molecule has 3 nitrogen and oxygen atoms in total. The van der Waals surface area contributed by atoms with E-state index in [0.717, 1.165) is 30.6 Å². The molecule has 1 amide bonds. The number of aryl methyl sites for hydroxylation is 2. The van der Waals surface area contributed by atoms with Crippen molar-refractivity contribution in [1.82, 2.24) is 5.32 Å². The number of benzene rings is 2. The number of ether oxygens (including phenoxy) is 1. The molecule has 2 aromatic rings. The third kappa shape index (κ3) is 3.45. The van der Waals surface area contributed by atoms with Crippen molar-refractivity contribution in [3.05, 3.63) is 64.7 Å². The van der Waals surface area contributed by atoms with Gasteiger partial charge in [-0.25, -0.2) is 0 Å². The number of hydrogen-bond acceptors (Lipinski definition) is 2. The summed E-state index contributed by atoms with van der Waals surface area (Å²) in [5.74, 6) is 0.722. The molecule has 1 N–H and O–H groups in total. The van der Waals surface area contributed by atoms with Crippen molar-refractivity contribution in [2.75, 3.05) is 0 Å². The molecule has 0 spiro atoms. The number of fused-ring (bicyclic) bond motifs is 1. The fourth-order valence-corrected chi connectivity index (χ4v) is 3.29. The second-order valence-corrected chi connectivity index (χ2v) is 6.61. The topological polar surface area (TPSA) is 38.3 Å². The number of hydrogen-bond donors (Lipinski definition) is 1. The molecule has 0 saturated carbocycles. The number of nitrogens with one attached hydrogen (secondary N) is 1. The van der Waals surface area contributed by atoms with Gasteiger partial charge in [0, 0.05) is 0 Å². The van der Waals surface area contributed by atoms with Gasteiger partial charge in [-0.05, 0) is 68.4 Å². The highest BCUT2D eigenvalue weighted by atomic mass is 16.5. The minimum Gasteiger partial charge on any atom is -0.481 e. The molecule has 0 heterocycles. The Bertz CT molecular complexity index is 738. The van der Waals surface area contributed by atoms with E-state index in [1.807, 2.05) is 45.0 Å². The highest BCUT2D eigenvalue weighted by Gasteiger charge is 2.24. The Hall–Kier alpha value is -2.29. The van der Waals surface area contributed by atoms with Crippen LogP contribution in [0.15, 0.2) is 42.5 Å². The van der Waals surface area contributed by atoms with E-state index >= 15 is 0 Å². The maximum absolute atomic E-state index is 12.6. The molecular formula is C21H25NO2.